The number of amides is 1. The van der Waals surface area contributed by atoms with E-state index < -0.39 is 10.0 Å². The van der Waals surface area contributed by atoms with Crippen LogP contribution in [0.15, 0.2) is 54.7 Å². The lowest BCUT2D eigenvalue weighted by atomic mass is 9.99. The molecule has 150 valence electrons. The van der Waals surface area contributed by atoms with Crippen LogP contribution in [0.2, 0.25) is 0 Å². The fourth-order valence-electron chi connectivity index (χ4n) is 3.64. The van der Waals surface area contributed by atoms with Gasteiger partial charge in [-0.2, -0.15) is 9.40 Å². The summed E-state index contributed by atoms with van der Waals surface area (Å²) in [6.45, 7) is 2.59. The molecule has 7 nitrogen and oxygen atoms in total. The lowest BCUT2D eigenvalue weighted by Crippen LogP contribution is -2.35. The van der Waals surface area contributed by atoms with E-state index in [1.54, 1.807) is 10.9 Å². The maximum absolute atomic E-state index is 12.9. The molecule has 1 aliphatic rings. The van der Waals surface area contributed by atoms with Crippen molar-refractivity contribution in [3.63, 3.8) is 0 Å². The molecule has 0 radical (unpaired) electrons. The highest BCUT2D eigenvalue weighted by atomic mass is 32.2. The van der Waals surface area contributed by atoms with Gasteiger partial charge in [0.2, 0.25) is 10.0 Å². The average molecular weight is 410 g/mol. The Hall–Kier alpha value is -2.97. The Bertz CT molecular complexity index is 1170. The van der Waals surface area contributed by atoms with Gasteiger partial charge < -0.3 is 5.32 Å². The Labute approximate surface area is 170 Å². The lowest BCUT2D eigenvalue weighted by Gasteiger charge is -2.28. The highest BCUT2D eigenvalue weighted by molar-refractivity contribution is 7.88. The summed E-state index contributed by atoms with van der Waals surface area (Å²) >= 11 is 0. The zero-order valence-electron chi connectivity index (χ0n) is 16.3. The van der Waals surface area contributed by atoms with Gasteiger partial charge in [-0.05, 0) is 42.7 Å². The third-order valence-electron chi connectivity index (χ3n) is 5.20. The molecule has 2 heterocycles. The van der Waals surface area contributed by atoms with Gasteiger partial charge in [-0.25, -0.2) is 13.1 Å². The summed E-state index contributed by atoms with van der Waals surface area (Å²) in [5.74, 6) is -0.233. The Kier molecular flexibility index (Phi) is 4.97. The number of nitrogens with one attached hydrogen (secondary N) is 1. The van der Waals surface area contributed by atoms with Crippen LogP contribution in [0, 0.1) is 6.92 Å². The van der Waals surface area contributed by atoms with Crippen molar-refractivity contribution >= 4 is 21.6 Å². The highest BCUT2D eigenvalue weighted by Crippen LogP contribution is 2.28. The van der Waals surface area contributed by atoms with Gasteiger partial charge in [-0.3, -0.25) is 4.79 Å². The van der Waals surface area contributed by atoms with Gasteiger partial charge in [0.25, 0.3) is 5.91 Å². The second-order valence-electron chi connectivity index (χ2n) is 7.13. The minimum absolute atomic E-state index is 0.233. The van der Waals surface area contributed by atoms with Crippen LogP contribution < -0.4 is 5.32 Å². The number of aromatic nitrogens is 2. The summed E-state index contributed by atoms with van der Waals surface area (Å²) in [7, 11) is -3.24. The van der Waals surface area contributed by atoms with Gasteiger partial charge in [0.15, 0.2) is 0 Å². The quantitative estimate of drug-likeness (QED) is 0.717. The van der Waals surface area contributed by atoms with Crippen LogP contribution in [-0.4, -0.2) is 41.2 Å². The molecular weight excluding hydrogens is 388 g/mol. The molecule has 1 amide bonds. The largest absolute Gasteiger partial charge is 0.322 e. The molecule has 0 unspecified atom stereocenters. The third kappa shape index (κ3) is 3.81. The second-order valence-corrected chi connectivity index (χ2v) is 9.12. The first-order valence-electron chi connectivity index (χ1n) is 9.32. The number of rotatable bonds is 4. The number of nitrogens with zero attached hydrogens (tertiary/aromatic N) is 3. The first-order chi connectivity index (χ1) is 13.8. The molecule has 0 spiro atoms. The number of benzene rings is 2. The van der Waals surface area contributed by atoms with E-state index in [9.17, 15) is 13.2 Å². The van der Waals surface area contributed by atoms with Gasteiger partial charge in [-0.15, -0.1) is 0 Å². The minimum atomic E-state index is -3.24. The Balaban J connectivity index is 1.59. The van der Waals surface area contributed by atoms with Crippen LogP contribution in [0.25, 0.3) is 5.69 Å². The van der Waals surface area contributed by atoms with Gasteiger partial charge in [-0.1, -0.05) is 30.3 Å². The van der Waals surface area contributed by atoms with E-state index in [4.69, 9.17) is 0 Å². The first kappa shape index (κ1) is 19.4. The van der Waals surface area contributed by atoms with Crippen LogP contribution in [0.4, 0.5) is 5.69 Å². The summed E-state index contributed by atoms with van der Waals surface area (Å²) in [4.78, 5) is 12.9. The predicted octanol–water partition coefficient (Wildman–Crippen LogP) is 2.75. The predicted molar refractivity (Wildman–Crippen MR) is 112 cm³/mol. The van der Waals surface area contributed by atoms with E-state index in [0.717, 1.165) is 22.5 Å². The van der Waals surface area contributed by atoms with Gasteiger partial charge in [0.1, 0.15) is 0 Å². The third-order valence-corrected chi connectivity index (χ3v) is 6.45. The molecule has 0 atom stereocenters. The Morgan fingerprint density at radius 2 is 1.86 bits per heavy atom. The van der Waals surface area contributed by atoms with Crippen molar-refractivity contribution in [1.29, 1.82) is 0 Å². The van der Waals surface area contributed by atoms with Crippen molar-refractivity contribution in [2.24, 2.45) is 0 Å². The number of fused-ring (bicyclic) bond motifs is 1. The summed E-state index contributed by atoms with van der Waals surface area (Å²) in [6.07, 6.45) is 3.34. The second kappa shape index (κ2) is 7.46. The average Bonchev–Trinajstić information content (AvgIpc) is 3.09. The molecule has 8 heteroatoms. The standard InChI is InChI=1S/C21H22N4O3S/c1-15-19(13-22-25(15)17-8-4-3-5-9-17)21(26)23-20-10-6-7-16-14-24(29(2,27)28)12-11-18(16)20/h3-10,13H,11-12,14H2,1-2H3,(H,23,26). The van der Waals surface area contributed by atoms with E-state index in [1.165, 1.54) is 10.6 Å². The summed E-state index contributed by atoms with van der Waals surface area (Å²) in [5, 5.41) is 7.34. The summed E-state index contributed by atoms with van der Waals surface area (Å²) in [5.41, 5.74) is 4.75. The molecule has 1 aromatic heterocycles. The number of carbonyl (C=O) groups excluding carboxylic acids is 1. The number of hydrogen-bond acceptors (Lipinski definition) is 4. The lowest BCUT2D eigenvalue weighted by molar-refractivity contribution is 0.102. The van der Waals surface area contributed by atoms with Crippen molar-refractivity contribution < 1.29 is 13.2 Å². The number of sulfonamides is 1. The van der Waals surface area contributed by atoms with E-state index >= 15 is 0 Å². The van der Waals surface area contributed by atoms with Crippen molar-refractivity contribution in [3.8, 4) is 5.69 Å². The molecule has 1 N–H and O–H groups in total. The van der Waals surface area contributed by atoms with E-state index in [-0.39, 0.29) is 5.91 Å². The molecule has 2 aromatic carbocycles. The van der Waals surface area contributed by atoms with Crippen LogP contribution in [0.5, 0.6) is 0 Å². The molecule has 0 saturated heterocycles. The minimum Gasteiger partial charge on any atom is -0.322 e. The fraction of sp³-hybridized carbons (Fsp3) is 0.238. The molecular formula is C21H22N4O3S. The van der Waals surface area contributed by atoms with E-state index in [1.807, 2.05) is 55.5 Å². The van der Waals surface area contributed by atoms with E-state index in [0.29, 0.717) is 30.8 Å². The van der Waals surface area contributed by atoms with Crippen molar-refractivity contribution in [3.05, 3.63) is 77.1 Å². The van der Waals surface area contributed by atoms with Crippen molar-refractivity contribution in [2.75, 3.05) is 18.1 Å². The fourth-order valence-corrected chi connectivity index (χ4v) is 4.43. The van der Waals surface area contributed by atoms with Crippen LogP contribution in [-0.2, 0) is 23.0 Å². The smallest absolute Gasteiger partial charge is 0.259 e. The van der Waals surface area contributed by atoms with Crippen molar-refractivity contribution in [2.45, 2.75) is 19.9 Å². The number of hydrogen-bond donors (Lipinski definition) is 1. The zero-order valence-corrected chi connectivity index (χ0v) is 17.1. The van der Waals surface area contributed by atoms with Crippen LogP contribution in [0.3, 0.4) is 0 Å². The number of carbonyl (C=O) groups is 1. The molecule has 0 bridgehead atoms. The van der Waals surface area contributed by atoms with Gasteiger partial charge >= 0.3 is 0 Å². The molecule has 29 heavy (non-hydrogen) atoms. The molecule has 0 aliphatic carbocycles. The Morgan fingerprint density at radius 3 is 2.59 bits per heavy atom. The maximum atomic E-state index is 12.9. The molecule has 0 saturated carbocycles. The topological polar surface area (TPSA) is 84.3 Å². The zero-order chi connectivity index (χ0) is 20.6. The monoisotopic (exact) mass is 410 g/mol. The number of para-hydroxylation sites is 1. The summed E-state index contributed by atoms with van der Waals surface area (Å²) < 4.78 is 26.9. The van der Waals surface area contributed by atoms with E-state index in [2.05, 4.69) is 10.4 Å². The number of anilines is 1. The molecule has 4 rings (SSSR count). The van der Waals surface area contributed by atoms with Gasteiger partial charge in [0.05, 0.1) is 29.4 Å². The Morgan fingerprint density at radius 1 is 1.10 bits per heavy atom. The molecule has 0 fully saturated rings. The SMILES string of the molecule is Cc1c(C(=O)Nc2cccc3c2CCN(S(C)(=O)=O)C3)cnn1-c1ccccc1. The van der Waals surface area contributed by atoms with Crippen LogP contribution >= 0.6 is 0 Å². The normalized spacial score (nSPS) is 14.4. The molecule has 3 aromatic rings. The highest BCUT2D eigenvalue weighted by Gasteiger charge is 2.25. The maximum Gasteiger partial charge on any atom is 0.259 e. The van der Waals surface area contributed by atoms with Gasteiger partial charge in [0, 0.05) is 18.8 Å². The molecule has 1 aliphatic heterocycles. The van der Waals surface area contributed by atoms with Crippen LogP contribution in [0.1, 0.15) is 27.2 Å². The first-order valence-corrected chi connectivity index (χ1v) is 11.2. The summed E-state index contributed by atoms with van der Waals surface area (Å²) in [6, 6.07) is 15.2. The van der Waals surface area contributed by atoms with Crippen molar-refractivity contribution in [1.82, 2.24) is 14.1 Å².